The number of ether oxygens (including phenoxy) is 2. The van der Waals surface area contributed by atoms with E-state index in [4.69, 9.17) is 13.9 Å². The Hall–Kier alpha value is -1.93. The number of aromatic nitrogens is 1. The minimum atomic E-state index is -0.822. The minimum Gasteiger partial charge on any atom is -0.463 e. The fourth-order valence-corrected chi connectivity index (χ4v) is 5.21. The Morgan fingerprint density at radius 2 is 2.29 bits per heavy atom. The first kappa shape index (κ1) is 18.1. The van der Waals surface area contributed by atoms with Crippen LogP contribution in [0.2, 0.25) is 0 Å². The van der Waals surface area contributed by atoms with Crippen LogP contribution in [0.4, 0.5) is 0 Å². The van der Waals surface area contributed by atoms with Crippen molar-refractivity contribution in [3.63, 3.8) is 0 Å². The summed E-state index contributed by atoms with van der Waals surface area (Å²) in [6, 6.07) is 8.22. The van der Waals surface area contributed by atoms with Gasteiger partial charge in [0.05, 0.1) is 35.0 Å². The lowest BCUT2D eigenvalue weighted by Gasteiger charge is -2.39. The van der Waals surface area contributed by atoms with Crippen LogP contribution in [0, 0.1) is 0 Å². The third-order valence-electron chi connectivity index (χ3n) is 5.59. The quantitative estimate of drug-likeness (QED) is 0.691. The number of hydrogen-bond donors (Lipinski definition) is 1. The van der Waals surface area contributed by atoms with Crippen LogP contribution >= 0.6 is 11.3 Å². The zero-order chi connectivity index (χ0) is 19.3. The van der Waals surface area contributed by atoms with Gasteiger partial charge in [-0.05, 0) is 36.6 Å². The number of nitrogens with zero attached hydrogens (tertiary/aromatic N) is 1. The first-order valence-corrected chi connectivity index (χ1v) is 10.5. The van der Waals surface area contributed by atoms with Crippen LogP contribution in [0.3, 0.4) is 0 Å². The van der Waals surface area contributed by atoms with E-state index in [2.05, 4.69) is 25.0 Å². The summed E-state index contributed by atoms with van der Waals surface area (Å²) in [7, 11) is 2.13. The van der Waals surface area contributed by atoms with E-state index < -0.39 is 11.9 Å². The van der Waals surface area contributed by atoms with E-state index in [1.165, 1.54) is 11.0 Å². The number of furan rings is 1. The van der Waals surface area contributed by atoms with Gasteiger partial charge in [-0.2, -0.15) is 0 Å². The van der Waals surface area contributed by atoms with Crippen LogP contribution in [0.15, 0.2) is 41.1 Å². The number of aliphatic hydroxyl groups is 1. The standard InChI is InChI=1S/C21H22BNO4S/c1-12-5-15(24)9-21(27-12)16-6-13(17(22)7-14(16)11-26-21)8-20-23-10-19(28-20)18-3-2-4-25-18/h2-4,6-7,10,12,15,24H,5,8-9,11,22H2,1H3/t12-,15+,21-/m1/s1. The molecular weight excluding hydrogens is 373 g/mol. The lowest BCUT2D eigenvalue weighted by Crippen LogP contribution is -2.43. The summed E-state index contributed by atoms with van der Waals surface area (Å²) in [5.41, 5.74) is 4.64. The fraction of sp³-hybridized carbons (Fsp3) is 0.381. The molecule has 0 bridgehead atoms. The third-order valence-corrected chi connectivity index (χ3v) is 6.60. The van der Waals surface area contributed by atoms with Gasteiger partial charge in [0.15, 0.2) is 5.79 Å². The van der Waals surface area contributed by atoms with Crippen molar-refractivity contribution in [2.24, 2.45) is 0 Å². The summed E-state index contributed by atoms with van der Waals surface area (Å²) in [6.07, 6.45) is 4.98. The van der Waals surface area contributed by atoms with Gasteiger partial charge in [0.1, 0.15) is 13.6 Å². The second kappa shape index (κ2) is 6.85. The Kier molecular flexibility index (Phi) is 4.43. The molecule has 7 heteroatoms. The van der Waals surface area contributed by atoms with Crippen molar-refractivity contribution in [3.8, 4) is 10.6 Å². The molecule has 1 spiro atoms. The molecule has 2 aromatic heterocycles. The van der Waals surface area contributed by atoms with Gasteiger partial charge < -0.3 is 19.0 Å². The molecule has 5 nitrogen and oxygen atoms in total. The highest BCUT2D eigenvalue weighted by atomic mass is 32.1. The van der Waals surface area contributed by atoms with Crippen molar-refractivity contribution < 1.29 is 19.0 Å². The van der Waals surface area contributed by atoms with Gasteiger partial charge in [-0.1, -0.05) is 17.6 Å². The summed E-state index contributed by atoms with van der Waals surface area (Å²) in [5, 5.41) is 11.3. The number of aliphatic hydroxyl groups excluding tert-OH is 1. The smallest absolute Gasteiger partial charge is 0.198 e. The second-order valence-corrected chi connectivity index (χ2v) is 8.89. The molecule has 3 atom stereocenters. The molecule has 1 N–H and O–H groups in total. The molecule has 0 radical (unpaired) electrons. The molecule has 144 valence electrons. The van der Waals surface area contributed by atoms with Gasteiger partial charge >= 0.3 is 0 Å². The SMILES string of the molecule is Bc1cc2c(cc1Cc1ncc(-c3ccco3)s1)[C@]1(C[C@@H](O)C[C@@H](C)O1)OC2. The van der Waals surface area contributed by atoms with E-state index in [0.29, 0.717) is 19.4 Å². The van der Waals surface area contributed by atoms with Gasteiger partial charge in [0, 0.05) is 24.6 Å². The van der Waals surface area contributed by atoms with E-state index in [-0.39, 0.29) is 6.10 Å². The normalized spacial score (nSPS) is 26.6. The molecule has 1 saturated heterocycles. The molecule has 1 aromatic carbocycles. The van der Waals surface area contributed by atoms with Crippen molar-refractivity contribution in [2.45, 2.75) is 50.8 Å². The summed E-state index contributed by atoms with van der Waals surface area (Å²) < 4.78 is 17.8. The number of hydrogen-bond acceptors (Lipinski definition) is 6. The predicted octanol–water partition coefficient (Wildman–Crippen LogP) is 2.50. The lowest BCUT2D eigenvalue weighted by molar-refractivity contribution is -0.295. The molecule has 3 aromatic rings. The van der Waals surface area contributed by atoms with Crippen LogP contribution in [-0.2, 0) is 28.3 Å². The van der Waals surface area contributed by atoms with E-state index in [9.17, 15) is 5.11 Å². The zero-order valence-electron chi connectivity index (χ0n) is 16.0. The average molecular weight is 395 g/mol. The highest BCUT2D eigenvalue weighted by Crippen LogP contribution is 2.45. The van der Waals surface area contributed by atoms with E-state index in [0.717, 1.165) is 33.2 Å². The molecule has 2 aliphatic heterocycles. The Morgan fingerprint density at radius 1 is 1.39 bits per heavy atom. The van der Waals surface area contributed by atoms with Crippen LogP contribution in [0.1, 0.15) is 41.5 Å². The van der Waals surface area contributed by atoms with Crippen LogP contribution < -0.4 is 5.46 Å². The third kappa shape index (κ3) is 3.12. The van der Waals surface area contributed by atoms with Crippen molar-refractivity contribution in [2.75, 3.05) is 0 Å². The van der Waals surface area contributed by atoms with Gasteiger partial charge in [0.2, 0.25) is 0 Å². The van der Waals surface area contributed by atoms with Crippen LogP contribution in [0.25, 0.3) is 10.6 Å². The fourth-order valence-electron chi connectivity index (χ4n) is 4.30. The Labute approximate surface area is 168 Å². The summed E-state index contributed by atoms with van der Waals surface area (Å²) >= 11 is 1.65. The molecule has 0 amide bonds. The minimum absolute atomic E-state index is 0.0331. The monoisotopic (exact) mass is 395 g/mol. The maximum atomic E-state index is 10.3. The van der Waals surface area contributed by atoms with Crippen molar-refractivity contribution in [1.29, 1.82) is 0 Å². The Balaban J connectivity index is 1.46. The summed E-state index contributed by atoms with van der Waals surface area (Å²) in [6.45, 7) is 2.52. The molecular formula is C21H22BNO4S. The summed E-state index contributed by atoms with van der Waals surface area (Å²) in [4.78, 5) is 5.62. The molecule has 28 heavy (non-hydrogen) atoms. The van der Waals surface area contributed by atoms with E-state index >= 15 is 0 Å². The van der Waals surface area contributed by atoms with Crippen LogP contribution in [-0.4, -0.2) is 30.1 Å². The van der Waals surface area contributed by atoms with E-state index in [1.807, 2.05) is 25.3 Å². The molecule has 0 saturated carbocycles. The van der Waals surface area contributed by atoms with Gasteiger partial charge in [-0.3, -0.25) is 0 Å². The number of thiazole rings is 1. The molecule has 2 aliphatic rings. The number of benzene rings is 1. The Morgan fingerprint density at radius 3 is 3.07 bits per heavy atom. The lowest BCUT2D eigenvalue weighted by atomic mass is 9.83. The number of rotatable bonds is 3. The van der Waals surface area contributed by atoms with Crippen molar-refractivity contribution in [3.05, 3.63) is 58.4 Å². The average Bonchev–Trinajstić information content (AvgIpc) is 3.37. The molecule has 4 heterocycles. The second-order valence-electron chi connectivity index (χ2n) is 7.77. The zero-order valence-corrected chi connectivity index (χ0v) is 16.8. The van der Waals surface area contributed by atoms with Gasteiger partial charge in [-0.15, -0.1) is 11.3 Å². The summed E-state index contributed by atoms with van der Waals surface area (Å²) in [5.74, 6) is 0.0252. The highest BCUT2D eigenvalue weighted by molar-refractivity contribution is 7.15. The first-order chi connectivity index (χ1) is 13.5. The first-order valence-electron chi connectivity index (χ1n) is 9.64. The molecule has 0 aliphatic carbocycles. The van der Waals surface area contributed by atoms with Gasteiger partial charge in [-0.25, -0.2) is 4.98 Å². The van der Waals surface area contributed by atoms with E-state index in [1.54, 1.807) is 17.6 Å². The molecule has 1 fully saturated rings. The largest absolute Gasteiger partial charge is 0.463 e. The van der Waals surface area contributed by atoms with Crippen molar-refractivity contribution >= 4 is 24.6 Å². The highest BCUT2D eigenvalue weighted by Gasteiger charge is 2.47. The van der Waals surface area contributed by atoms with Crippen LogP contribution in [0.5, 0.6) is 0 Å². The predicted molar refractivity (Wildman–Crippen MR) is 109 cm³/mol. The van der Waals surface area contributed by atoms with Crippen molar-refractivity contribution in [1.82, 2.24) is 4.98 Å². The maximum Gasteiger partial charge on any atom is 0.198 e. The molecule has 0 unspecified atom stereocenters. The number of fused-ring (bicyclic) bond motifs is 2. The van der Waals surface area contributed by atoms with Gasteiger partial charge in [0.25, 0.3) is 0 Å². The maximum absolute atomic E-state index is 10.3. The topological polar surface area (TPSA) is 64.7 Å². The molecule has 5 rings (SSSR count). The Bertz CT molecular complexity index is 990.